The van der Waals surface area contributed by atoms with Crippen LogP contribution >= 0.6 is 0 Å². The van der Waals surface area contributed by atoms with Gasteiger partial charge in [-0.15, -0.1) is 5.10 Å². The first-order chi connectivity index (χ1) is 12.2. The molecular weight excluding hydrogens is 316 g/mol. The van der Waals surface area contributed by atoms with Crippen molar-refractivity contribution in [2.24, 2.45) is 0 Å². The van der Waals surface area contributed by atoms with Gasteiger partial charge in [0.2, 0.25) is 5.91 Å². The molecule has 0 aliphatic rings. The number of tetrazole rings is 1. The van der Waals surface area contributed by atoms with Gasteiger partial charge in [0.15, 0.2) is 0 Å². The Kier molecular flexibility index (Phi) is 3.74. The van der Waals surface area contributed by atoms with E-state index in [0.29, 0.717) is 12.1 Å². The lowest BCUT2D eigenvalue weighted by Gasteiger charge is -2.09. The van der Waals surface area contributed by atoms with Crippen molar-refractivity contribution in [2.75, 3.05) is 5.32 Å². The molecule has 0 saturated carbocycles. The molecular formula is C18H16N6O. The highest BCUT2D eigenvalue weighted by atomic mass is 16.1. The van der Waals surface area contributed by atoms with Crippen molar-refractivity contribution in [1.82, 2.24) is 25.2 Å². The molecule has 2 aromatic carbocycles. The quantitative estimate of drug-likeness (QED) is 0.601. The number of carbonyl (C=O) groups excluding carboxylic acids is 1. The second-order valence-corrected chi connectivity index (χ2v) is 5.84. The zero-order chi connectivity index (χ0) is 17.2. The fourth-order valence-corrected chi connectivity index (χ4v) is 2.86. The summed E-state index contributed by atoms with van der Waals surface area (Å²) < 4.78 is 1.57. The molecule has 2 N–H and O–H groups in total. The molecule has 7 heteroatoms. The second kappa shape index (κ2) is 6.20. The summed E-state index contributed by atoms with van der Waals surface area (Å²) in [6.07, 6.45) is 3.71. The zero-order valence-corrected chi connectivity index (χ0v) is 13.6. The standard InChI is InChI=1S/C18H16N6O/c1-12-6-7-14(9-17(12)24-11-20-22-23-24)21-18(25)8-13-10-19-16-5-3-2-4-15(13)16/h2-7,9-11,19H,8H2,1H3,(H,21,25). The Labute approximate surface area is 143 Å². The van der Waals surface area contributed by atoms with Gasteiger partial charge in [0.1, 0.15) is 6.33 Å². The Bertz CT molecular complexity index is 1030. The van der Waals surface area contributed by atoms with E-state index < -0.39 is 0 Å². The van der Waals surface area contributed by atoms with E-state index in [2.05, 4.69) is 25.8 Å². The molecule has 0 bridgehead atoms. The maximum absolute atomic E-state index is 12.4. The minimum Gasteiger partial charge on any atom is -0.361 e. The summed E-state index contributed by atoms with van der Waals surface area (Å²) >= 11 is 0. The number of rotatable bonds is 4. The average molecular weight is 332 g/mol. The van der Waals surface area contributed by atoms with Crippen LogP contribution in [0.5, 0.6) is 0 Å². The van der Waals surface area contributed by atoms with Crippen LogP contribution in [0.3, 0.4) is 0 Å². The molecule has 1 amide bonds. The highest BCUT2D eigenvalue weighted by Gasteiger charge is 2.10. The minimum atomic E-state index is -0.0729. The molecule has 0 aliphatic carbocycles. The third-order valence-corrected chi connectivity index (χ3v) is 4.11. The third-order valence-electron chi connectivity index (χ3n) is 4.11. The van der Waals surface area contributed by atoms with E-state index in [1.54, 1.807) is 4.68 Å². The summed E-state index contributed by atoms with van der Waals surface area (Å²) in [5.41, 5.74) is 4.56. The Hall–Kier alpha value is -3.48. The molecule has 25 heavy (non-hydrogen) atoms. The van der Waals surface area contributed by atoms with E-state index >= 15 is 0 Å². The number of anilines is 1. The number of nitrogens with zero attached hydrogens (tertiary/aromatic N) is 4. The molecule has 0 atom stereocenters. The lowest BCUT2D eigenvalue weighted by molar-refractivity contribution is -0.115. The van der Waals surface area contributed by atoms with Crippen molar-refractivity contribution in [3.8, 4) is 5.69 Å². The van der Waals surface area contributed by atoms with E-state index in [1.165, 1.54) is 6.33 Å². The topological polar surface area (TPSA) is 88.5 Å². The van der Waals surface area contributed by atoms with Gasteiger partial charge in [-0.3, -0.25) is 4.79 Å². The largest absolute Gasteiger partial charge is 0.361 e. The van der Waals surface area contributed by atoms with E-state index in [1.807, 2.05) is 55.6 Å². The summed E-state index contributed by atoms with van der Waals surface area (Å²) in [7, 11) is 0. The Morgan fingerprint density at radius 2 is 2.12 bits per heavy atom. The van der Waals surface area contributed by atoms with Crippen molar-refractivity contribution in [3.05, 3.63) is 66.1 Å². The lowest BCUT2D eigenvalue weighted by atomic mass is 10.1. The average Bonchev–Trinajstić information content (AvgIpc) is 3.27. The minimum absolute atomic E-state index is 0.0729. The van der Waals surface area contributed by atoms with Gasteiger partial charge in [-0.25, -0.2) is 4.68 Å². The molecule has 0 fully saturated rings. The van der Waals surface area contributed by atoms with Crippen molar-refractivity contribution in [2.45, 2.75) is 13.3 Å². The SMILES string of the molecule is Cc1ccc(NC(=O)Cc2c[nH]c3ccccc23)cc1-n1cnnn1. The maximum Gasteiger partial charge on any atom is 0.228 e. The number of hydrogen-bond acceptors (Lipinski definition) is 4. The van der Waals surface area contributed by atoms with Gasteiger partial charge in [-0.1, -0.05) is 24.3 Å². The van der Waals surface area contributed by atoms with E-state index in [9.17, 15) is 4.79 Å². The van der Waals surface area contributed by atoms with Gasteiger partial charge >= 0.3 is 0 Å². The Morgan fingerprint density at radius 3 is 2.96 bits per heavy atom. The van der Waals surface area contributed by atoms with Crippen molar-refractivity contribution < 1.29 is 4.79 Å². The van der Waals surface area contributed by atoms with Gasteiger partial charge < -0.3 is 10.3 Å². The number of aromatic nitrogens is 5. The molecule has 0 unspecified atom stereocenters. The number of benzene rings is 2. The molecule has 0 aliphatic heterocycles. The Morgan fingerprint density at radius 1 is 1.24 bits per heavy atom. The van der Waals surface area contributed by atoms with Crippen LogP contribution in [0, 0.1) is 6.92 Å². The van der Waals surface area contributed by atoms with Gasteiger partial charge in [-0.2, -0.15) is 0 Å². The summed E-state index contributed by atoms with van der Waals surface area (Å²) in [6.45, 7) is 1.97. The third kappa shape index (κ3) is 2.99. The molecule has 2 heterocycles. The number of nitrogens with one attached hydrogen (secondary N) is 2. The fourth-order valence-electron chi connectivity index (χ4n) is 2.86. The number of hydrogen-bond donors (Lipinski definition) is 2. The number of para-hydroxylation sites is 1. The molecule has 124 valence electrons. The highest BCUT2D eigenvalue weighted by Crippen LogP contribution is 2.20. The van der Waals surface area contributed by atoms with Crippen molar-refractivity contribution in [3.63, 3.8) is 0 Å². The summed E-state index contributed by atoms with van der Waals surface area (Å²) in [5, 5.41) is 15.2. The number of amides is 1. The first-order valence-electron chi connectivity index (χ1n) is 7.89. The van der Waals surface area contributed by atoms with E-state index in [0.717, 1.165) is 27.7 Å². The summed E-state index contributed by atoms with van der Waals surface area (Å²) in [6, 6.07) is 13.6. The van der Waals surface area contributed by atoms with Crippen LogP contribution in [0.2, 0.25) is 0 Å². The second-order valence-electron chi connectivity index (χ2n) is 5.84. The number of carbonyl (C=O) groups is 1. The fraction of sp³-hybridized carbons (Fsp3) is 0.111. The normalized spacial score (nSPS) is 10.9. The number of H-pyrrole nitrogens is 1. The monoisotopic (exact) mass is 332 g/mol. The highest BCUT2D eigenvalue weighted by molar-refractivity contribution is 5.96. The number of aromatic amines is 1. The molecule has 0 spiro atoms. The van der Waals surface area contributed by atoms with E-state index in [4.69, 9.17) is 0 Å². The van der Waals surface area contributed by atoms with Crippen molar-refractivity contribution in [1.29, 1.82) is 0 Å². The number of fused-ring (bicyclic) bond motifs is 1. The van der Waals surface area contributed by atoms with Crippen molar-refractivity contribution >= 4 is 22.5 Å². The summed E-state index contributed by atoms with van der Waals surface area (Å²) in [4.78, 5) is 15.6. The summed E-state index contributed by atoms with van der Waals surface area (Å²) in [5.74, 6) is -0.0729. The van der Waals surface area contributed by atoms with Crippen LogP contribution in [0.1, 0.15) is 11.1 Å². The number of aryl methyl sites for hydroxylation is 1. The van der Waals surface area contributed by atoms with Gasteiger partial charge in [0, 0.05) is 22.8 Å². The van der Waals surface area contributed by atoms with Crippen LogP contribution in [0.25, 0.3) is 16.6 Å². The maximum atomic E-state index is 12.4. The molecule has 0 saturated heterocycles. The predicted octanol–water partition coefficient (Wildman–Crippen LogP) is 2.63. The molecule has 4 rings (SSSR count). The predicted molar refractivity (Wildman–Crippen MR) is 94.5 cm³/mol. The van der Waals surface area contributed by atoms with Crippen LogP contribution in [-0.2, 0) is 11.2 Å². The van der Waals surface area contributed by atoms with Gasteiger partial charge in [0.05, 0.1) is 12.1 Å². The lowest BCUT2D eigenvalue weighted by Crippen LogP contribution is -2.14. The van der Waals surface area contributed by atoms with Crippen LogP contribution in [-0.4, -0.2) is 31.1 Å². The first-order valence-corrected chi connectivity index (χ1v) is 7.89. The van der Waals surface area contributed by atoms with Crippen LogP contribution in [0.4, 0.5) is 5.69 Å². The molecule has 0 radical (unpaired) electrons. The molecule has 4 aromatic rings. The van der Waals surface area contributed by atoms with Gasteiger partial charge in [-0.05, 0) is 46.7 Å². The Balaban J connectivity index is 1.54. The smallest absolute Gasteiger partial charge is 0.228 e. The van der Waals surface area contributed by atoms with Crippen LogP contribution in [0.15, 0.2) is 55.0 Å². The first kappa shape index (κ1) is 15.1. The molecule has 2 aromatic heterocycles. The van der Waals surface area contributed by atoms with E-state index in [-0.39, 0.29) is 5.91 Å². The van der Waals surface area contributed by atoms with Gasteiger partial charge in [0.25, 0.3) is 0 Å². The zero-order valence-electron chi connectivity index (χ0n) is 13.6. The van der Waals surface area contributed by atoms with Crippen LogP contribution < -0.4 is 5.32 Å². The molecule has 7 nitrogen and oxygen atoms in total.